The number of hydrogen-bond donors (Lipinski definition) is 2. The Morgan fingerprint density at radius 3 is 2.48 bits per heavy atom. The van der Waals surface area contributed by atoms with Gasteiger partial charge in [-0.25, -0.2) is 13.1 Å². The molecule has 1 unspecified atom stereocenters. The summed E-state index contributed by atoms with van der Waals surface area (Å²) in [5, 5.41) is 9.13. The molecule has 1 rings (SSSR count). The maximum absolute atomic E-state index is 12.5. The molecule has 122 valence electrons. The van der Waals surface area contributed by atoms with Crippen molar-refractivity contribution in [2.45, 2.75) is 37.8 Å². The maximum Gasteiger partial charge on any atom is 0.242 e. The summed E-state index contributed by atoms with van der Waals surface area (Å²) in [6, 6.07) is 1.37. The standard InChI is InChI=1S/C13H23BrN2O3S2/c1-9(2)5-10(7-16(3)4)15-21(18,19)12-6-11(8-17)20-13(12)14/h6,9-10,15,17H,5,7-8H2,1-4H3. The highest BCUT2D eigenvalue weighted by molar-refractivity contribution is 9.11. The lowest BCUT2D eigenvalue weighted by Gasteiger charge is -2.23. The summed E-state index contributed by atoms with van der Waals surface area (Å²) in [5.74, 6) is 0.400. The van der Waals surface area contributed by atoms with Crippen LogP contribution >= 0.6 is 27.3 Å². The molecule has 0 aromatic carbocycles. The van der Waals surface area contributed by atoms with E-state index < -0.39 is 10.0 Å². The van der Waals surface area contributed by atoms with E-state index in [1.165, 1.54) is 17.4 Å². The number of aliphatic hydroxyl groups is 1. The van der Waals surface area contributed by atoms with Crippen LogP contribution in [0.1, 0.15) is 25.1 Å². The van der Waals surface area contributed by atoms with Gasteiger partial charge in [-0.05, 0) is 48.4 Å². The van der Waals surface area contributed by atoms with Gasteiger partial charge in [-0.15, -0.1) is 11.3 Å². The highest BCUT2D eigenvalue weighted by atomic mass is 79.9. The number of nitrogens with one attached hydrogen (secondary N) is 1. The molecule has 8 heteroatoms. The summed E-state index contributed by atoms with van der Waals surface area (Å²) in [7, 11) is 0.250. The van der Waals surface area contributed by atoms with Gasteiger partial charge in [0.05, 0.1) is 10.4 Å². The lowest BCUT2D eigenvalue weighted by Crippen LogP contribution is -2.42. The largest absolute Gasteiger partial charge is 0.391 e. The van der Waals surface area contributed by atoms with Crippen molar-refractivity contribution < 1.29 is 13.5 Å². The van der Waals surface area contributed by atoms with Crippen molar-refractivity contribution in [2.75, 3.05) is 20.6 Å². The van der Waals surface area contributed by atoms with E-state index >= 15 is 0 Å². The van der Waals surface area contributed by atoms with Crippen molar-refractivity contribution in [3.63, 3.8) is 0 Å². The highest BCUT2D eigenvalue weighted by Gasteiger charge is 2.25. The van der Waals surface area contributed by atoms with Gasteiger partial charge in [0.15, 0.2) is 0 Å². The fraction of sp³-hybridized carbons (Fsp3) is 0.692. The molecule has 0 amide bonds. The Hall–Kier alpha value is 0.01000. The van der Waals surface area contributed by atoms with E-state index in [1.807, 2.05) is 19.0 Å². The smallest absolute Gasteiger partial charge is 0.242 e. The molecule has 0 fully saturated rings. The number of rotatable bonds is 8. The molecule has 2 N–H and O–H groups in total. The topological polar surface area (TPSA) is 69.6 Å². The van der Waals surface area contributed by atoms with Gasteiger partial charge in [0.2, 0.25) is 10.0 Å². The zero-order valence-electron chi connectivity index (χ0n) is 12.8. The highest BCUT2D eigenvalue weighted by Crippen LogP contribution is 2.31. The van der Waals surface area contributed by atoms with Crippen molar-refractivity contribution in [1.82, 2.24) is 9.62 Å². The van der Waals surface area contributed by atoms with Gasteiger partial charge in [-0.1, -0.05) is 13.8 Å². The lowest BCUT2D eigenvalue weighted by atomic mass is 10.0. The van der Waals surface area contributed by atoms with E-state index in [0.717, 1.165) is 6.42 Å². The van der Waals surface area contributed by atoms with Gasteiger partial charge in [-0.3, -0.25) is 0 Å². The first kappa shape index (κ1) is 19.1. The first-order valence-corrected chi connectivity index (χ1v) is 9.81. The second-order valence-electron chi connectivity index (χ2n) is 5.72. The fourth-order valence-electron chi connectivity index (χ4n) is 2.11. The summed E-state index contributed by atoms with van der Waals surface area (Å²) in [6.07, 6.45) is 0.770. The first-order valence-electron chi connectivity index (χ1n) is 6.71. The molecule has 1 aromatic rings. The van der Waals surface area contributed by atoms with E-state index in [1.54, 1.807) is 0 Å². The third-order valence-corrected chi connectivity index (χ3v) is 6.57. The molecule has 0 aliphatic heterocycles. The zero-order valence-corrected chi connectivity index (χ0v) is 16.0. The summed E-state index contributed by atoms with van der Waals surface area (Å²) < 4.78 is 28.3. The molecule has 0 aliphatic rings. The number of likely N-dealkylation sites (N-methyl/N-ethyl adjacent to an activating group) is 1. The van der Waals surface area contributed by atoms with Crippen LogP contribution in [0.3, 0.4) is 0 Å². The normalized spacial score (nSPS) is 14.1. The van der Waals surface area contributed by atoms with Crippen LogP contribution in [0.2, 0.25) is 0 Å². The van der Waals surface area contributed by atoms with Crippen molar-refractivity contribution in [3.8, 4) is 0 Å². The predicted molar refractivity (Wildman–Crippen MR) is 90.1 cm³/mol. The monoisotopic (exact) mass is 398 g/mol. The van der Waals surface area contributed by atoms with Gasteiger partial charge < -0.3 is 10.0 Å². The summed E-state index contributed by atoms with van der Waals surface area (Å²) in [5.41, 5.74) is 0. The average Bonchev–Trinajstić information content (AvgIpc) is 2.68. The van der Waals surface area contributed by atoms with E-state index in [4.69, 9.17) is 5.11 Å². The second-order valence-corrected chi connectivity index (χ2v) is 9.86. The molecule has 5 nitrogen and oxygen atoms in total. The molecule has 0 saturated heterocycles. The summed E-state index contributed by atoms with van der Waals surface area (Å²) >= 11 is 4.50. The molecular weight excluding hydrogens is 376 g/mol. The van der Waals surface area contributed by atoms with Crippen LogP contribution in [-0.4, -0.2) is 45.1 Å². The number of sulfonamides is 1. The zero-order chi connectivity index (χ0) is 16.2. The van der Waals surface area contributed by atoms with Crippen LogP contribution in [0.25, 0.3) is 0 Å². The Bertz CT molecular complexity index is 546. The molecule has 0 bridgehead atoms. The maximum atomic E-state index is 12.5. The Morgan fingerprint density at radius 1 is 1.43 bits per heavy atom. The Morgan fingerprint density at radius 2 is 2.05 bits per heavy atom. The van der Waals surface area contributed by atoms with Crippen LogP contribution in [0.5, 0.6) is 0 Å². The summed E-state index contributed by atoms with van der Waals surface area (Å²) in [4.78, 5) is 2.79. The predicted octanol–water partition coefficient (Wildman–Crippen LogP) is 2.26. The van der Waals surface area contributed by atoms with E-state index in [2.05, 4.69) is 34.5 Å². The average molecular weight is 399 g/mol. The van der Waals surface area contributed by atoms with Gasteiger partial charge in [0, 0.05) is 17.5 Å². The first-order chi connectivity index (χ1) is 9.65. The van der Waals surface area contributed by atoms with Crippen LogP contribution in [0.4, 0.5) is 0 Å². The quantitative estimate of drug-likeness (QED) is 0.704. The van der Waals surface area contributed by atoms with Crippen molar-refractivity contribution >= 4 is 37.3 Å². The second kappa shape index (κ2) is 8.03. The third kappa shape index (κ3) is 5.96. The molecule has 0 spiro atoms. The Balaban J connectivity index is 2.96. The van der Waals surface area contributed by atoms with Crippen LogP contribution in [-0.2, 0) is 16.6 Å². The molecule has 21 heavy (non-hydrogen) atoms. The molecule has 1 atom stereocenters. The van der Waals surface area contributed by atoms with Crippen molar-refractivity contribution in [3.05, 3.63) is 14.7 Å². The SMILES string of the molecule is CC(C)CC(CN(C)C)NS(=O)(=O)c1cc(CO)sc1Br. The minimum atomic E-state index is -3.59. The van der Waals surface area contributed by atoms with Crippen LogP contribution in [0, 0.1) is 5.92 Å². The molecule has 1 aromatic heterocycles. The van der Waals surface area contributed by atoms with Gasteiger partial charge in [0.25, 0.3) is 0 Å². The van der Waals surface area contributed by atoms with Crippen molar-refractivity contribution in [2.24, 2.45) is 5.92 Å². The Kier molecular flexibility index (Phi) is 7.29. The minimum absolute atomic E-state index is 0.144. The number of halogens is 1. The molecule has 0 aliphatic carbocycles. The molecule has 0 radical (unpaired) electrons. The Labute approximate surface area is 139 Å². The fourth-order valence-corrected chi connectivity index (χ4v) is 5.89. The van der Waals surface area contributed by atoms with E-state index in [0.29, 0.717) is 21.1 Å². The van der Waals surface area contributed by atoms with E-state index in [-0.39, 0.29) is 17.5 Å². The van der Waals surface area contributed by atoms with Gasteiger partial charge in [0.1, 0.15) is 4.90 Å². The minimum Gasteiger partial charge on any atom is -0.391 e. The number of thiophene rings is 1. The molecule has 0 saturated carbocycles. The van der Waals surface area contributed by atoms with Crippen LogP contribution < -0.4 is 4.72 Å². The number of aliphatic hydroxyl groups excluding tert-OH is 1. The van der Waals surface area contributed by atoms with Crippen LogP contribution in [0.15, 0.2) is 14.7 Å². The lowest BCUT2D eigenvalue weighted by molar-refractivity contribution is 0.285. The van der Waals surface area contributed by atoms with Gasteiger partial charge >= 0.3 is 0 Å². The van der Waals surface area contributed by atoms with Gasteiger partial charge in [-0.2, -0.15) is 0 Å². The van der Waals surface area contributed by atoms with E-state index in [9.17, 15) is 8.42 Å². The molecule has 1 heterocycles. The number of nitrogens with zero attached hydrogens (tertiary/aromatic N) is 1. The third-order valence-electron chi connectivity index (χ3n) is 2.82. The van der Waals surface area contributed by atoms with Crippen molar-refractivity contribution in [1.29, 1.82) is 0 Å². The molecular formula is C13H23BrN2O3S2. The number of hydrogen-bond acceptors (Lipinski definition) is 5. The summed E-state index contributed by atoms with van der Waals surface area (Å²) in [6.45, 7) is 4.63.